The van der Waals surface area contributed by atoms with Gasteiger partial charge in [-0.05, 0) is 32.5 Å². The number of carbonyl (C=O) groups excluding carboxylic acids is 1. The summed E-state index contributed by atoms with van der Waals surface area (Å²) in [5, 5.41) is 2.90. The summed E-state index contributed by atoms with van der Waals surface area (Å²) in [4.78, 5) is 11.8. The normalized spacial score (nSPS) is 14.1. The molecule has 1 aromatic rings. The number of rotatable bonds is 5. The number of benzene rings is 1. The van der Waals surface area contributed by atoms with Crippen molar-refractivity contribution < 1.29 is 13.9 Å². The molecule has 0 aliphatic heterocycles. The van der Waals surface area contributed by atoms with E-state index >= 15 is 0 Å². The van der Waals surface area contributed by atoms with Crippen molar-refractivity contribution in [3.63, 3.8) is 0 Å². The molecule has 0 saturated carbocycles. The highest BCUT2D eigenvalue weighted by Gasteiger charge is 2.33. The van der Waals surface area contributed by atoms with Crippen molar-refractivity contribution in [2.45, 2.75) is 25.8 Å². The molecule has 1 rings (SSSR count). The van der Waals surface area contributed by atoms with Crippen LogP contribution in [0.1, 0.15) is 19.4 Å². The predicted octanol–water partition coefficient (Wildman–Crippen LogP) is 1.91. The Morgan fingerprint density at radius 1 is 1.47 bits per heavy atom. The van der Waals surface area contributed by atoms with Crippen LogP contribution in [-0.2, 0) is 16.0 Å². The third kappa shape index (κ3) is 3.27. The highest BCUT2D eigenvalue weighted by atomic mass is 19.1. The maximum absolute atomic E-state index is 13.5. The molecule has 17 heavy (non-hydrogen) atoms. The molecule has 0 amide bonds. The number of likely N-dealkylation sites (N-methyl/N-ethyl adjacent to an activating group) is 1. The van der Waals surface area contributed by atoms with Crippen LogP contribution in [0.25, 0.3) is 0 Å². The first kappa shape index (κ1) is 13.6. The zero-order chi connectivity index (χ0) is 12.9. The first-order valence-corrected chi connectivity index (χ1v) is 5.63. The van der Waals surface area contributed by atoms with E-state index in [9.17, 15) is 9.18 Å². The van der Waals surface area contributed by atoms with Crippen LogP contribution in [0.5, 0.6) is 0 Å². The molecule has 0 heterocycles. The quantitative estimate of drug-likeness (QED) is 0.798. The first-order chi connectivity index (χ1) is 8.03. The number of carbonyl (C=O) groups is 1. The molecule has 0 aliphatic rings. The number of ether oxygens (including phenoxy) is 1. The van der Waals surface area contributed by atoms with Gasteiger partial charge in [-0.15, -0.1) is 0 Å². The molecule has 0 fully saturated rings. The molecular weight excluding hydrogens is 221 g/mol. The summed E-state index contributed by atoms with van der Waals surface area (Å²) < 4.78 is 18.5. The van der Waals surface area contributed by atoms with Crippen LogP contribution in [0.2, 0.25) is 0 Å². The van der Waals surface area contributed by atoms with Crippen molar-refractivity contribution >= 4 is 5.97 Å². The fraction of sp³-hybridized carbons (Fsp3) is 0.462. The molecule has 94 valence electrons. The molecule has 3 nitrogen and oxygen atoms in total. The summed E-state index contributed by atoms with van der Waals surface area (Å²) in [6.07, 6.45) is 0.259. The minimum Gasteiger partial charge on any atom is -0.465 e. The maximum Gasteiger partial charge on any atom is 0.326 e. The molecule has 1 atom stereocenters. The van der Waals surface area contributed by atoms with Crippen molar-refractivity contribution in [3.8, 4) is 0 Å². The van der Waals surface area contributed by atoms with Gasteiger partial charge < -0.3 is 10.1 Å². The third-order valence-electron chi connectivity index (χ3n) is 2.78. The Bertz CT molecular complexity index is 395. The van der Waals surface area contributed by atoms with E-state index in [1.807, 2.05) is 0 Å². The maximum atomic E-state index is 13.5. The molecule has 1 aromatic carbocycles. The number of hydrogen-bond acceptors (Lipinski definition) is 3. The molecule has 0 aliphatic carbocycles. The van der Waals surface area contributed by atoms with E-state index in [0.717, 1.165) is 0 Å². The average Bonchev–Trinajstić information content (AvgIpc) is 2.32. The average molecular weight is 239 g/mol. The number of esters is 1. The van der Waals surface area contributed by atoms with Crippen LogP contribution in [-0.4, -0.2) is 25.2 Å². The fourth-order valence-electron chi connectivity index (χ4n) is 1.58. The minimum absolute atomic E-state index is 0.259. The molecule has 0 radical (unpaired) electrons. The zero-order valence-electron chi connectivity index (χ0n) is 10.4. The van der Waals surface area contributed by atoms with E-state index in [0.29, 0.717) is 12.2 Å². The number of hydrogen-bond donors (Lipinski definition) is 1. The molecule has 1 N–H and O–H groups in total. The Labute approximate surface area is 101 Å². The van der Waals surface area contributed by atoms with E-state index in [2.05, 4.69) is 5.32 Å². The van der Waals surface area contributed by atoms with Crippen molar-refractivity contribution in [3.05, 3.63) is 35.6 Å². The van der Waals surface area contributed by atoms with Crippen molar-refractivity contribution in [1.82, 2.24) is 5.32 Å². The Balaban J connectivity index is 2.89. The Morgan fingerprint density at radius 3 is 2.65 bits per heavy atom. The van der Waals surface area contributed by atoms with Crippen LogP contribution in [0.3, 0.4) is 0 Å². The first-order valence-electron chi connectivity index (χ1n) is 5.63. The molecular formula is C13H18FNO2. The summed E-state index contributed by atoms with van der Waals surface area (Å²) in [6.45, 7) is 3.77. The van der Waals surface area contributed by atoms with Crippen LogP contribution < -0.4 is 5.32 Å². The number of halogens is 1. The van der Waals surface area contributed by atoms with Crippen molar-refractivity contribution in [2.24, 2.45) is 0 Å². The van der Waals surface area contributed by atoms with Gasteiger partial charge in [0.1, 0.15) is 11.4 Å². The van der Waals surface area contributed by atoms with Crippen LogP contribution in [0.15, 0.2) is 24.3 Å². The largest absolute Gasteiger partial charge is 0.465 e. The predicted molar refractivity (Wildman–Crippen MR) is 64.2 cm³/mol. The summed E-state index contributed by atoms with van der Waals surface area (Å²) >= 11 is 0. The van der Waals surface area contributed by atoms with Gasteiger partial charge in [0.2, 0.25) is 0 Å². The molecule has 0 saturated heterocycles. The standard InChI is InChI=1S/C13H18FNO2/c1-4-17-12(16)13(2,15-3)9-10-7-5-6-8-11(10)14/h5-8,15H,4,9H2,1-3H3. The Morgan fingerprint density at radius 2 is 2.12 bits per heavy atom. The van der Waals surface area contributed by atoms with E-state index < -0.39 is 5.54 Å². The number of nitrogens with one attached hydrogen (secondary N) is 1. The lowest BCUT2D eigenvalue weighted by atomic mass is 9.93. The van der Waals surface area contributed by atoms with Gasteiger partial charge in [0.25, 0.3) is 0 Å². The Kier molecular flexibility index (Phi) is 4.63. The second-order valence-electron chi connectivity index (χ2n) is 4.07. The van der Waals surface area contributed by atoms with Crippen LogP contribution in [0.4, 0.5) is 4.39 Å². The zero-order valence-corrected chi connectivity index (χ0v) is 10.4. The SMILES string of the molecule is CCOC(=O)C(C)(Cc1ccccc1F)NC. The lowest BCUT2D eigenvalue weighted by Gasteiger charge is -2.26. The van der Waals surface area contributed by atoms with Crippen LogP contribution in [0, 0.1) is 5.82 Å². The third-order valence-corrected chi connectivity index (χ3v) is 2.78. The van der Waals surface area contributed by atoms with Gasteiger partial charge in [0.15, 0.2) is 0 Å². The van der Waals surface area contributed by atoms with Gasteiger partial charge in [-0.3, -0.25) is 4.79 Å². The summed E-state index contributed by atoms with van der Waals surface area (Å²) in [5.74, 6) is -0.677. The lowest BCUT2D eigenvalue weighted by Crippen LogP contribution is -2.50. The smallest absolute Gasteiger partial charge is 0.326 e. The topological polar surface area (TPSA) is 38.3 Å². The summed E-state index contributed by atoms with van der Waals surface area (Å²) in [7, 11) is 1.66. The monoisotopic (exact) mass is 239 g/mol. The van der Waals surface area contributed by atoms with Crippen molar-refractivity contribution in [2.75, 3.05) is 13.7 Å². The second-order valence-corrected chi connectivity index (χ2v) is 4.07. The van der Waals surface area contributed by atoms with Gasteiger partial charge in [0, 0.05) is 6.42 Å². The van der Waals surface area contributed by atoms with Gasteiger partial charge >= 0.3 is 5.97 Å². The van der Waals surface area contributed by atoms with Gasteiger partial charge in [-0.2, -0.15) is 0 Å². The molecule has 0 spiro atoms. The lowest BCUT2D eigenvalue weighted by molar-refractivity contribution is -0.150. The highest BCUT2D eigenvalue weighted by Crippen LogP contribution is 2.17. The highest BCUT2D eigenvalue weighted by molar-refractivity contribution is 5.80. The van der Waals surface area contributed by atoms with E-state index in [4.69, 9.17) is 4.74 Å². The van der Waals surface area contributed by atoms with Gasteiger partial charge in [-0.25, -0.2) is 4.39 Å². The summed E-state index contributed by atoms with van der Waals surface area (Å²) in [6, 6.07) is 6.43. The van der Waals surface area contributed by atoms with Gasteiger partial charge in [-0.1, -0.05) is 18.2 Å². The van der Waals surface area contributed by atoms with Crippen LogP contribution >= 0.6 is 0 Å². The fourth-order valence-corrected chi connectivity index (χ4v) is 1.58. The summed E-state index contributed by atoms with van der Waals surface area (Å²) in [5.41, 5.74) is -0.407. The Hall–Kier alpha value is -1.42. The second kappa shape index (κ2) is 5.77. The van der Waals surface area contributed by atoms with Crippen molar-refractivity contribution in [1.29, 1.82) is 0 Å². The van der Waals surface area contributed by atoms with E-state index in [1.54, 1.807) is 39.1 Å². The van der Waals surface area contributed by atoms with E-state index in [-0.39, 0.29) is 18.2 Å². The molecule has 4 heteroatoms. The molecule has 0 aromatic heterocycles. The minimum atomic E-state index is -0.905. The van der Waals surface area contributed by atoms with Gasteiger partial charge in [0.05, 0.1) is 6.61 Å². The molecule has 1 unspecified atom stereocenters. The molecule has 0 bridgehead atoms. The van der Waals surface area contributed by atoms with E-state index in [1.165, 1.54) is 6.07 Å².